The normalized spacial score (nSPS) is 15.2. The molecule has 1 aliphatic heterocycles. The van der Waals surface area contributed by atoms with Gasteiger partial charge in [-0.25, -0.2) is 14.6 Å². The lowest BCUT2D eigenvalue weighted by molar-refractivity contribution is -0.128. The van der Waals surface area contributed by atoms with Gasteiger partial charge in [0.05, 0.1) is 31.1 Å². The second-order valence-corrected chi connectivity index (χ2v) is 11.8. The summed E-state index contributed by atoms with van der Waals surface area (Å²) in [4.78, 5) is 53.0. The van der Waals surface area contributed by atoms with Crippen molar-refractivity contribution in [3.63, 3.8) is 0 Å². The summed E-state index contributed by atoms with van der Waals surface area (Å²) < 4.78 is 7.12. The van der Waals surface area contributed by atoms with Crippen molar-refractivity contribution >= 4 is 40.3 Å². The summed E-state index contributed by atoms with van der Waals surface area (Å²) >= 11 is 0. The molecule has 1 aliphatic rings. The lowest BCUT2D eigenvalue weighted by atomic mass is 9.98. The lowest BCUT2D eigenvalue weighted by Crippen LogP contribution is -2.40. The minimum Gasteiger partial charge on any atom is -0.383 e. The maximum absolute atomic E-state index is 13.7. The van der Waals surface area contributed by atoms with Gasteiger partial charge in [-0.05, 0) is 56.5 Å². The van der Waals surface area contributed by atoms with Crippen LogP contribution in [0.4, 0.5) is 11.5 Å². The molecular weight excluding hydrogens is 588 g/mol. The SMILES string of the molecule is Cc1c(CC(=O)N(C)C)ccc(NC(=O)c2nn([C@@H]3CCCN(C(=O)/C=C/CN(C)CCOCCN)C3)c3ncnc(N)c23)c1C. The summed E-state index contributed by atoms with van der Waals surface area (Å²) in [6.45, 7) is 7.84. The van der Waals surface area contributed by atoms with E-state index >= 15 is 0 Å². The van der Waals surface area contributed by atoms with Crippen molar-refractivity contribution in [2.24, 2.45) is 5.73 Å². The number of amides is 3. The number of carbonyl (C=O) groups is 3. The highest BCUT2D eigenvalue weighted by molar-refractivity contribution is 6.13. The Morgan fingerprint density at radius 1 is 1.13 bits per heavy atom. The zero-order valence-corrected chi connectivity index (χ0v) is 27.5. The molecule has 14 heteroatoms. The van der Waals surface area contributed by atoms with E-state index in [0.717, 1.165) is 36.1 Å². The van der Waals surface area contributed by atoms with Crippen LogP contribution in [-0.4, -0.2) is 119 Å². The molecule has 0 bridgehead atoms. The Morgan fingerprint density at radius 3 is 2.65 bits per heavy atom. The van der Waals surface area contributed by atoms with Crippen LogP contribution in [0.25, 0.3) is 11.0 Å². The van der Waals surface area contributed by atoms with Gasteiger partial charge in [0.25, 0.3) is 5.91 Å². The largest absolute Gasteiger partial charge is 0.383 e. The summed E-state index contributed by atoms with van der Waals surface area (Å²) in [5, 5.41) is 8.05. The summed E-state index contributed by atoms with van der Waals surface area (Å²) in [7, 11) is 5.42. The first-order valence-corrected chi connectivity index (χ1v) is 15.5. The van der Waals surface area contributed by atoms with Gasteiger partial charge in [0, 0.05) is 58.6 Å². The van der Waals surface area contributed by atoms with E-state index < -0.39 is 5.91 Å². The lowest BCUT2D eigenvalue weighted by Gasteiger charge is -2.32. The van der Waals surface area contributed by atoms with Gasteiger partial charge >= 0.3 is 0 Å². The van der Waals surface area contributed by atoms with Crippen molar-refractivity contribution in [2.45, 2.75) is 39.2 Å². The molecule has 3 heterocycles. The third kappa shape index (κ3) is 8.24. The number of hydrogen-bond donors (Lipinski definition) is 3. The average Bonchev–Trinajstić information content (AvgIpc) is 3.44. The van der Waals surface area contributed by atoms with E-state index in [2.05, 4.69) is 20.2 Å². The number of nitrogens with zero attached hydrogens (tertiary/aromatic N) is 7. The number of aromatic nitrogens is 4. The number of anilines is 2. The van der Waals surface area contributed by atoms with Crippen LogP contribution in [0, 0.1) is 13.8 Å². The molecule has 1 aromatic carbocycles. The predicted molar refractivity (Wildman–Crippen MR) is 177 cm³/mol. The van der Waals surface area contributed by atoms with Gasteiger partial charge in [0.1, 0.15) is 12.1 Å². The number of fused-ring (bicyclic) bond motifs is 1. The highest BCUT2D eigenvalue weighted by atomic mass is 16.5. The van der Waals surface area contributed by atoms with Gasteiger partial charge < -0.3 is 36.2 Å². The van der Waals surface area contributed by atoms with Crippen molar-refractivity contribution < 1.29 is 19.1 Å². The zero-order chi connectivity index (χ0) is 33.4. The minimum absolute atomic E-state index is 0.00128. The van der Waals surface area contributed by atoms with Crippen LogP contribution in [0.15, 0.2) is 30.6 Å². The Morgan fingerprint density at radius 2 is 1.91 bits per heavy atom. The Balaban J connectivity index is 1.49. The molecule has 0 spiro atoms. The molecule has 46 heavy (non-hydrogen) atoms. The van der Waals surface area contributed by atoms with Gasteiger partial charge in [-0.1, -0.05) is 12.1 Å². The van der Waals surface area contributed by atoms with Crippen LogP contribution in [0.2, 0.25) is 0 Å². The van der Waals surface area contributed by atoms with Crippen molar-refractivity contribution in [3.05, 3.63) is 53.0 Å². The van der Waals surface area contributed by atoms with Crippen LogP contribution in [0.3, 0.4) is 0 Å². The molecule has 2 aromatic heterocycles. The number of rotatable bonds is 13. The number of carbonyl (C=O) groups excluding carboxylic acids is 3. The van der Waals surface area contributed by atoms with Crippen LogP contribution in [0.1, 0.15) is 46.1 Å². The molecule has 0 radical (unpaired) electrons. The molecule has 3 amide bonds. The fourth-order valence-corrected chi connectivity index (χ4v) is 5.41. The molecule has 1 saturated heterocycles. The van der Waals surface area contributed by atoms with Crippen molar-refractivity contribution in [3.8, 4) is 0 Å². The first-order valence-electron chi connectivity index (χ1n) is 15.5. The molecule has 5 N–H and O–H groups in total. The number of nitrogens with two attached hydrogens (primary N) is 2. The molecular formula is C32H46N10O4. The molecule has 1 atom stereocenters. The van der Waals surface area contributed by atoms with Crippen LogP contribution in [0.5, 0.6) is 0 Å². The fraction of sp³-hybridized carbons (Fsp3) is 0.500. The highest BCUT2D eigenvalue weighted by Crippen LogP contribution is 2.30. The standard InChI is InChI=1S/C32H46N10O4/c1-21-22(2)25(11-10-23(21)18-27(44)39(3)4)37-32(45)29-28-30(34)35-20-36-31(28)42(38-29)24-8-6-14-41(19-24)26(43)9-7-13-40(5)15-17-46-16-12-33/h7,9-11,20,24H,6,8,12-19,33H2,1-5H3,(H,37,45)(H2,34,35,36)/b9-7+/t24-/m1/s1. The maximum atomic E-state index is 13.7. The van der Waals surface area contributed by atoms with E-state index in [1.165, 1.54) is 6.33 Å². The van der Waals surface area contributed by atoms with E-state index in [1.807, 2.05) is 33.0 Å². The van der Waals surface area contributed by atoms with Gasteiger partial charge in [0.2, 0.25) is 11.8 Å². The quantitative estimate of drug-likeness (QED) is 0.185. The van der Waals surface area contributed by atoms with Crippen molar-refractivity contribution in [1.29, 1.82) is 0 Å². The number of piperidine rings is 1. The van der Waals surface area contributed by atoms with Gasteiger partial charge in [0.15, 0.2) is 11.3 Å². The van der Waals surface area contributed by atoms with Crippen LogP contribution in [-0.2, 0) is 20.7 Å². The zero-order valence-electron chi connectivity index (χ0n) is 27.5. The first kappa shape index (κ1) is 34.5. The number of hydrogen-bond acceptors (Lipinski definition) is 10. The Kier molecular flexibility index (Phi) is 11.8. The fourth-order valence-electron chi connectivity index (χ4n) is 5.41. The molecule has 0 unspecified atom stereocenters. The predicted octanol–water partition coefficient (Wildman–Crippen LogP) is 1.54. The molecule has 248 valence electrons. The number of nitrogens with one attached hydrogen (secondary N) is 1. The monoisotopic (exact) mass is 634 g/mol. The van der Waals surface area contributed by atoms with Gasteiger partial charge in [-0.15, -0.1) is 0 Å². The third-order valence-electron chi connectivity index (χ3n) is 8.33. The summed E-state index contributed by atoms with van der Waals surface area (Å²) in [6.07, 6.45) is 6.61. The van der Waals surface area contributed by atoms with Gasteiger partial charge in [-0.3, -0.25) is 14.4 Å². The van der Waals surface area contributed by atoms with Crippen molar-refractivity contribution in [1.82, 2.24) is 34.4 Å². The Hall–Kier alpha value is -4.40. The number of likely N-dealkylation sites (N-methyl/N-ethyl adjacent to an activating group) is 2. The number of benzene rings is 1. The summed E-state index contributed by atoms with van der Waals surface area (Å²) in [6, 6.07) is 3.44. The number of likely N-dealkylation sites (tertiary alicyclic amines) is 1. The van der Waals surface area contributed by atoms with E-state index in [1.54, 1.807) is 40.7 Å². The topological polar surface area (TPSA) is 178 Å². The minimum atomic E-state index is -0.450. The van der Waals surface area contributed by atoms with E-state index in [9.17, 15) is 14.4 Å². The van der Waals surface area contributed by atoms with Crippen LogP contribution < -0.4 is 16.8 Å². The maximum Gasteiger partial charge on any atom is 0.277 e. The van der Waals surface area contributed by atoms with E-state index in [-0.39, 0.29) is 35.8 Å². The highest BCUT2D eigenvalue weighted by Gasteiger charge is 2.29. The van der Waals surface area contributed by atoms with E-state index in [4.69, 9.17) is 21.3 Å². The summed E-state index contributed by atoms with van der Waals surface area (Å²) in [5.74, 6) is -0.383. The second kappa shape index (κ2) is 15.7. The molecule has 3 aromatic rings. The molecule has 1 fully saturated rings. The first-order chi connectivity index (χ1) is 22.0. The molecule has 4 rings (SSSR count). The smallest absolute Gasteiger partial charge is 0.277 e. The number of nitrogen functional groups attached to an aromatic ring is 1. The van der Waals surface area contributed by atoms with Crippen molar-refractivity contribution in [2.75, 3.05) is 78.1 Å². The Bertz CT molecular complexity index is 1580. The van der Waals surface area contributed by atoms with E-state index in [0.29, 0.717) is 56.1 Å². The summed E-state index contributed by atoms with van der Waals surface area (Å²) in [5.41, 5.74) is 15.5. The average molecular weight is 635 g/mol. The van der Waals surface area contributed by atoms with Gasteiger partial charge in [-0.2, -0.15) is 5.10 Å². The Labute approximate surface area is 269 Å². The second-order valence-electron chi connectivity index (χ2n) is 11.8. The molecule has 14 nitrogen and oxygen atoms in total. The molecule has 0 aliphatic carbocycles. The third-order valence-corrected chi connectivity index (χ3v) is 8.33. The number of ether oxygens (including phenoxy) is 1. The van der Waals surface area contributed by atoms with Crippen LogP contribution >= 0.6 is 0 Å². The molecule has 0 saturated carbocycles.